The van der Waals surface area contributed by atoms with Gasteiger partial charge in [-0.25, -0.2) is 9.78 Å². The molecular formula is C25H21N3O3. The van der Waals surface area contributed by atoms with Crippen molar-refractivity contribution in [2.75, 3.05) is 7.05 Å². The molecule has 1 aromatic heterocycles. The molecule has 0 fully saturated rings. The molecular weight excluding hydrogens is 390 g/mol. The Bertz CT molecular complexity index is 1210. The molecule has 31 heavy (non-hydrogen) atoms. The van der Waals surface area contributed by atoms with Crippen molar-refractivity contribution >= 4 is 22.8 Å². The molecule has 4 aromatic rings. The number of benzene rings is 3. The topological polar surface area (TPSA) is 80.3 Å². The molecule has 0 spiro atoms. The van der Waals surface area contributed by atoms with Gasteiger partial charge in [-0.3, -0.25) is 4.79 Å². The maximum Gasteiger partial charge on any atom is 0.351 e. The molecule has 0 saturated carbocycles. The quantitative estimate of drug-likeness (QED) is 0.468. The fourth-order valence-corrected chi connectivity index (χ4v) is 3.41. The zero-order chi connectivity index (χ0) is 21.6. The molecule has 6 nitrogen and oxygen atoms in total. The van der Waals surface area contributed by atoms with E-state index in [1.54, 1.807) is 30.3 Å². The number of hydrogen-bond acceptors (Lipinski definition) is 5. The van der Waals surface area contributed by atoms with E-state index < -0.39 is 17.9 Å². The van der Waals surface area contributed by atoms with Crippen LogP contribution in [0.3, 0.4) is 0 Å². The lowest BCUT2D eigenvalue weighted by Gasteiger charge is -2.18. The minimum absolute atomic E-state index is 0.391. The first kappa shape index (κ1) is 20.3. The predicted octanol–water partition coefficient (Wildman–Crippen LogP) is 4.05. The minimum atomic E-state index is -0.965. The molecule has 1 atom stereocenters. The molecule has 3 aromatic carbocycles. The van der Waals surface area contributed by atoms with Crippen LogP contribution in [0.25, 0.3) is 22.2 Å². The molecule has 1 unspecified atom stereocenters. The summed E-state index contributed by atoms with van der Waals surface area (Å²) in [4.78, 5) is 35.6. The fraction of sp³-hybridized carbons (Fsp3) is 0.0800. The van der Waals surface area contributed by atoms with Gasteiger partial charge in [0.15, 0.2) is 6.04 Å². The van der Waals surface area contributed by atoms with Crippen LogP contribution < -0.4 is 10.8 Å². The number of fused-ring (bicyclic) bond motifs is 1. The van der Waals surface area contributed by atoms with Crippen molar-refractivity contribution < 1.29 is 14.4 Å². The smallest absolute Gasteiger partial charge is 0.351 e. The summed E-state index contributed by atoms with van der Waals surface area (Å²) in [6, 6.07) is 26.9. The number of aromatic nitrogens is 1. The van der Waals surface area contributed by atoms with E-state index in [1.807, 2.05) is 60.7 Å². The highest BCUT2D eigenvalue weighted by Gasteiger charge is 2.26. The lowest BCUT2D eigenvalue weighted by molar-refractivity contribution is -0.152. The molecule has 0 saturated heterocycles. The van der Waals surface area contributed by atoms with Gasteiger partial charge in [0.2, 0.25) is 0 Å². The third kappa shape index (κ3) is 4.44. The Morgan fingerprint density at radius 2 is 1.52 bits per heavy atom. The third-order valence-electron chi connectivity index (χ3n) is 4.88. The molecule has 0 aliphatic carbocycles. The minimum Gasteiger partial charge on any atom is -0.369 e. The highest BCUT2D eigenvalue weighted by atomic mass is 16.7. The summed E-state index contributed by atoms with van der Waals surface area (Å²) in [5.41, 5.74) is 5.71. The maximum atomic E-state index is 13.4. The normalized spacial score (nSPS) is 11.6. The second-order valence-electron chi connectivity index (χ2n) is 6.88. The Balaban J connectivity index is 1.76. The Morgan fingerprint density at radius 1 is 0.871 bits per heavy atom. The van der Waals surface area contributed by atoms with Crippen LogP contribution in [0.15, 0.2) is 91.0 Å². The first-order valence-electron chi connectivity index (χ1n) is 9.86. The van der Waals surface area contributed by atoms with Crippen molar-refractivity contribution in [3.8, 4) is 11.3 Å². The van der Waals surface area contributed by atoms with Gasteiger partial charge in [-0.2, -0.15) is 5.48 Å². The SMILES string of the molecule is CNOC(=O)C(NC(=O)c1cc(-c2ccccc2)nc2ccccc12)c1ccccc1. The summed E-state index contributed by atoms with van der Waals surface area (Å²) in [5.74, 6) is -0.999. The van der Waals surface area contributed by atoms with Gasteiger partial charge in [0.05, 0.1) is 16.8 Å². The zero-order valence-corrected chi connectivity index (χ0v) is 16.9. The molecule has 1 amide bonds. The first-order chi connectivity index (χ1) is 15.2. The molecule has 0 bridgehead atoms. The summed E-state index contributed by atoms with van der Waals surface area (Å²) in [6.07, 6.45) is 0. The molecule has 0 aliphatic rings. The Morgan fingerprint density at radius 3 is 2.23 bits per heavy atom. The number of hydrogen-bond donors (Lipinski definition) is 2. The van der Waals surface area contributed by atoms with Crippen molar-refractivity contribution in [1.29, 1.82) is 0 Å². The van der Waals surface area contributed by atoms with E-state index in [1.165, 1.54) is 7.05 Å². The van der Waals surface area contributed by atoms with E-state index in [4.69, 9.17) is 9.82 Å². The Hall–Kier alpha value is -4.03. The summed E-state index contributed by atoms with van der Waals surface area (Å²) in [5, 5.41) is 3.53. The van der Waals surface area contributed by atoms with Crippen molar-refractivity contribution in [1.82, 2.24) is 15.8 Å². The molecule has 6 heteroatoms. The average Bonchev–Trinajstić information content (AvgIpc) is 2.83. The highest BCUT2D eigenvalue weighted by molar-refractivity contribution is 6.08. The summed E-state index contributed by atoms with van der Waals surface area (Å²) < 4.78 is 0. The standard InChI is InChI=1S/C25H21N3O3/c1-26-31-25(30)23(18-12-6-3-7-13-18)28-24(29)20-16-22(17-10-4-2-5-11-17)27-21-15-9-8-14-19(20)21/h2-16,23,26H,1H3,(H,28,29). The monoisotopic (exact) mass is 411 g/mol. The number of nitrogens with one attached hydrogen (secondary N) is 2. The lowest BCUT2D eigenvalue weighted by Crippen LogP contribution is -2.36. The van der Waals surface area contributed by atoms with E-state index in [9.17, 15) is 9.59 Å². The number of rotatable bonds is 6. The van der Waals surface area contributed by atoms with Crippen LogP contribution in [0.5, 0.6) is 0 Å². The molecule has 0 radical (unpaired) electrons. The molecule has 1 heterocycles. The predicted molar refractivity (Wildman–Crippen MR) is 119 cm³/mol. The van der Waals surface area contributed by atoms with Gasteiger partial charge in [-0.1, -0.05) is 78.9 Å². The Labute approximate surface area is 179 Å². The fourth-order valence-electron chi connectivity index (χ4n) is 3.41. The molecule has 0 aliphatic heterocycles. The number of nitrogens with zero attached hydrogens (tertiary/aromatic N) is 1. The van der Waals surface area contributed by atoms with Gasteiger partial charge in [0.1, 0.15) is 0 Å². The third-order valence-corrected chi connectivity index (χ3v) is 4.88. The van der Waals surface area contributed by atoms with E-state index in [-0.39, 0.29) is 0 Å². The Kier molecular flexibility index (Phi) is 6.01. The van der Waals surface area contributed by atoms with Crippen LogP contribution >= 0.6 is 0 Å². The van der Waals surface area contributed by atoms with Crippen LogP contribution in [0.2, 0.25) is 0 Å². The number of carbonyl (C=O) groups is 2. The van der Waals surface area contributed by atoms with Gasteiger partial charge in [0.25, 0.3) is 5.91 Å². The molecule has 4 rings (SSSR count). The van der Waals surface area contributed by atoms with Crippen LogP contribution in [0.1, 0.15) is 22.0 Å². The van der Waals surface area contributed by atoms with E-state index in [2.05, 4.69) is 10.8 Å². The van der Waals surface area contributed by atoms with Gasteiger partial charge in [-0.05, 0) is 17.7 Å². The van der Waals surface area contributed by atoms with Crippen molar-refractivity contribution in [3.05, 3.63) is 102 Å². The largest absolute Gasteiger partial charge is 0.369 e. The number of hydroxylamine groups is 1. The number of carbonyl (C=O) groups excluding carboxylic acids is 2. The second kappa shape index (κ2) is 9.19. The zero-order valence-electron chi connectivity index (χ0n) is 16.9. The van der Waals surface area contributed by atoms with Gasteiger partial charge >= 0.3 is 5.97 Å². The number of para-hydroxylation sites is 1. The van der Waals surface area contributed by atoms with E-state index in [0.717, 1.165) is 5.56 Å². The summed E-state index contributed by atoms with van der Waals surface area (Å²) >= 11 is 0. The van der Waals surface area contributed by atoms with Crippen molar-refractivity contribution in [3.63, 3.8) is 0 Å². The highest BCUT2D eigenvalue weighted by Crippen LogP contribution is 2.25. The van der Waals surface area contributed by atoms with Crippen LogP contribution in [-0.2, 0) is 9.63 Å². The lowest BCUT2D eigenvalue weighted by atomic mass is 10.0. The molecule has 2 N–H and O–H groups in total. The molecule has 154 valence electrons. The average molecular weight is 411 g/mol. The van der Waals surface area contributed by atoms with Crippen LogP contribution in [-0.4, -0.2) is 23.9 Å². The van der Waals surface area contributed by atoms with Crippen LogP contribution in [0, 0.1) is 0 Å². The van der Waals surface area contributed by atoms with Crippen molar-refractivity contribution in [2.45, 2.75) is 6.04 Å². The van der Waals surface area contributed by atoms with E-state index in [0.29, 0.717) is 27.7 Å². The summed E-state index contributed by atoms with van der Waals surface area (Å²) in [6.45, 7) is 0. The van der Waals surface area contributed by atoms with Crippen molar-refractivity contribution in [2.24, 2.45) is 0 Å². The summed E-state index contributed by atoms with van der Waals surface area (Å²) in [7, 11) is 1.49. The first-order valence-corrected chi connectivity index (χ1v) is 9.86. The maximum absolute atomic E-state index is 13.4. The van der Waals surface area contributed by atoms with Gasteiger partial charge in [-0.15, -0.1) is 0 Å². The number of pyridine rings is 1. The number of amides is 1. The second-order valence-corrected chi connectivity index (χ2v) is 6.88. The van der Waals surface area contributed by atoms with E-state index >= 15 is 0 Å². The van der Waals surface area contributed by atoms with Gasteiger partial charge in [0, 0.05) is 18.0 Å². The van der Waals surface area contributed by atoms with Crippen LogP contribution in [0.4, 0.5) is 0 Å². The van der Waals surface area contributed by atoms with Gasteiger partial charge < -0.3 is 10.2 Å².